The summed E-state index contributed by atoms with van der Waals surface area (Å²) in [4.78, 5) is 24.2. The molecule has 0 saturated carbocycles. The number of nitrogens with one attached hydrogen (secondary N) is 1. The standard InChI is InChI=1S/C18H18Cl2N2O4S/c1-11(18(24)21-15-6-4-5-13(9-15)12(2)23)22(27(3,25)26)17-10-14(19)7-8-16(17)20/h4-11H,1-3H3,(H,21,24)/t11-/m0/s1. The van der Waals surface area contributed by atoms with Gasteiger partial charge < -0.3 is 5.32 Å². The van der Waals surface area contributed by atoms with Gasteiger partial charge in [-0.15, -0.1) is 0 Å². The van der Waals surface area contributed by atoms with Crippen LogP contribution in [0.25, 0.3) is 0 Å². The van der Waals surface area contributed by atoms with Crippen LogP contribution in [0.3, 0.4) is 0 Å². The molecular weight excluding hydrogens is 411 g/mol. The van der Waals surface area contributed by atoms with E-state index < -0.39 is 22.0 Å². The Bertz CT molecular complexity index is 993. The number of ketones is 1. The highest BCUT2D eigenvalue weighted by atomic mass is 35.5. The lowest BCUT2D eigenvalue weighted by atomic mass is 10.1. The molecular formula is C18H18Cl2N2O4S. The van der Waals surface area contributed by atoms with Gasteiger partial charge in [0.2, 0.25) is 15.9 Å². The molecule has 0 aromatic heterocycles. The lowest BCUT2D eigenvalue weighted by molar-refractivity contribution is -0.116. The molecule has 2 aromatic carbocycles. The van der Waals surface area contributed by atoms with Crippen molar-refractivity contribution in [2.45, 2.75) is 19.9 Å². The first-order valence-corrected chi connectivity index (χ1v) is 10.5. The van der Waals surface area contributed by atoms with Crippen molar-refractivity contribution in [2.75, 3.05) is 15.9 Å². The minimum absolute atomic E-state index is 0.104. The number of benzene rings is 2. The van der Waals surface area contributed by atoms with Gasteiger partial charge in [0.05, 0.1) is 17.0 Å². The smallest absolute Gasteiger partial charge is 0.247 e. The lowest BCUT2D eigenvalue weighted by Gasteiger charge is -2.29. The maximum atomic E-state index is 12.7. The van der Waals surface area contributed by atoms with E-state index >= 15 is 0 Å². The molecule has 144 valence electrons. The van der Waals surface area contributed by atoms with E-state index in [0.29, 0.717) is 11.3 Å². The molecule has 27 heavy (non-hydrogen) atoms. The lowest BCUT2D eigenvalue weighted by Crippen LogP contribution is -2.45. The second kappa shape index (κ2) is 8.29. The highest BCUT2D eigenvalue weighted by Crippen LogP contribution is 2.32. The molecule has 6 nitrogen and oxygen atoms in total. The van der Waals surface area contributed by atoms with Crippen molar-refractivity contribution in [1.29, 1.82) is 0 Å². The second-order valence-corrected chi connectivity index (χ2v) is 8.66. The van der Waals surface area contributed by atoms with Crippen molar-refractivity contribution in [3.05, 3.63) is 58.1 Å². The Morgan fingerprint density at radius 2 is 1.78 bits per heavy atom. The maximum absolute atomic E-state index is 12.7. The summed E-state index contributed by atoms with van der Waals surface area (Å²) in [5.41, 5.74) is 0.912. The zero-order valence-electron chi connectivity index (χ0n) is 14.9. The zero-order chi connectivity index (χ0) is 20.4. The number of sulfonamides is 1. The Morgan fingerprint density at radius 1 is 1.11 bits per heavy atom. The van der Waals surface area contributed by atoms with Crippen LogP contribution in [0.1, 0.15) is 24.2 Å². The predicted octanol–water partition coefficient (Wildman–Crippen LogP) is 3.99. The third-order valence-corrected chi connectivity index (χ3v) is 5.55. The molecule has 0 aliphatic heterocycles. The third-order valence-electron chi connectivity index (χ3n) is 3.77. The van der Waals surface area contributed by atoms with Gasteiger partial charge in [0.15, 0.2) is 5.78 Å². The van der Waals surface area contributed by atoms with Crippen LogP contribution in [0.4, 0.5) is 11.4 Å². The summed E-state index contributed by atoms with van der Waals surface area (Å²) in [6.45, 7) is 2.85. The summed E-state index contributed by atoms with van der Waals surface area (Å²) < 4.78 is 25.6. The molecule has 0 saturated heterocycles. The van der Waals surface area contributed by atoms with Gasteiger partial charge in [0.25, 0.3) is 0 Å². The second-order valence-electron chi connectivity index (χ2n) is 5.96. The molecule has 0 unspecified atom stereocenters. The molecule has 1 amide bonds. The molecule has 2 aromatic rings. The van der Waals surface area contributed by atoms with E-state index in [9.17, 15) is 18.0 Å². The van der Waals surface area contributed by atoms with Crippen molar-refractivity contribution in [3.8, 4) is 0 Å². The van der Waals surface area contributed by atoms with Crippen LogP contribution in [0, 0.1) is 0 Å². The van der Waals surface area contributed by atoms with E-state index in [-0.39, 0.29) is 21.5 Å². The van der Waals surface area contributed by atoms with Crippen LogP contribution in [0.2, 0.25) is 10.0 Å². The molecule has 0 heterocycles. The molecule has 0 fully saturated rings. The Morgan fingerprint density at radius 3 is 2.37 bits per heavy atom. The fourth-order valence-corrected chi connectivity index (χ4v) is 4.10. The first kappa shape index (κ1) is 21.2. The van der Waals surface area contributed by atoms with Crippen molar-refractivity contribution >= 4 is 56.3 Å². The number of rotatable bonds is 6. The molecule has 0 spiro atoms. The van der Waals surface area contributed by atoms with E-state index in [2.05, 4.69) is 5.32 Å². The Balaban J connectivity index is 2.37. The monoisotopic (exact) mass is 428 g/mol. The largest absolute Gasteiger partial charge is 0.324 e. The fourth-order valence-electron chi connectivity index (χ4n) is 2.50. The van der Waals surface area contributed by atoms with Gasteiger partial charge in [-0.1, -0.05) is 35.3 Å². The molecule has 0 radical (unpaired) electrons. The molecule has 0 bridgehead atoms. The number of hydrogen-bond donors (Lipinski definition) is 1. The van der Waals surface area contributed by atoms with Crippen molar-refractivity contribution in [1.82, 2.24) is 0 Å². The van der Waals surface area contributed by atoms with Gasteiger partial charge in [0, 0.05) is 16.3 Å². The van der Waals surface area contributed by atoms with Crippen LogP contribution in [-0.4, -0.2) is 32.4 Å². The molecule has 0 aliphatic rings. The van der Waals surface area contributed by atoms with Crippen LogP contribution < -0.4 is 9.62 Å². The Kier molecular flexibility index (Phi) is 6.51. The molecule has 1 N–H and O–H groups in total. The summed E-state index contributed by atoms with van der Waals surface area (Å²) in [5.74, 6) is -0.736. The Hall–Kier alpha value is -2.09. The number of carbonyl (C=O) groups excluding carboxylic acids is 2. The first-order valence-electron chi connectivity index (χ1n) is 7.87. The van der Waals surface area contributed by atoms with Gasteiger partial charge in [-0.2, -0.15) is 0 Å². The van der Waals surface area contributed by atoms with Gasteiger partial charge in [-0.05, 0) is 44.2 Å². The van der Waals surface area contributed by atoms with Gasteiger partial charge in [-0.3, -0.25) is 13.9 Å². The minimum Gasteiger partial charge on any atom is -0.324 e. The average Bonchev–Trinajstić information content (AvgIpc) is 2.57. The van der Waals surface area contributed by atoms with Crippen molar-refractivity contribution in [2.24, 2.45) is 0 Å². The number of nitrogens with zero attached hydrogens (tertiary/aromatic N) is 1. The quantitative estimate of drug-likeness (QED) is 0.704. The highest BCUT2D eigenvalue weighted by Gasteiger charge is 2.31. The number of carbonyl (C=O) groups is 2. The number of hydrogen-bond acceptors (Lipinski definition) is 4. The maximum Gasteiger partial charge on any atom is 0.247 e. The molecule has 2 rings (SSSR count). The van der Waals surface area contributed by atoms with E-state index in [4.69, 9.17) is 23.2 Å². The number of halogens is 2. The van der Waals surface area contributed by atoms with E-state index in [1.165, 1.54) is 38.1 Å². The molecule has 0 aliphatic carbocycles. The molecule has 9 heteroatoms. The van der Waals surface area contributed by atoms with E-state index in [1.807, 2.05) is 0 Å². The molecule has 1 atom stereocenters. The SMILES string of the molecule is CC(=O)c1cccc(NC(=O)[C@H](C)N(c2cc(Cl)ccc2Cl)S(C)(=O)=O)c1. The van der Waals surface area contributed by atoms with Crippen molar-refractivity contribution < 1.29 is 18.0 Å². The van der Waals surface area contributed by atoms with Crippen molar-refractivity contribution in [3.63, 3.8) is 0 Å². The topological polar surface area (TPSA) is 83.6 Å². The van der Waals surface area contributed by atoms with Crippen LogP contribution >= 0.6 is 23.2 Å². The van der Waals surface area contributed by atoms with Crippen LogP contribution in [-0.2, 0) is 14.8 Å². The van der Waals surface area contributed by atoms with Crippen LogP contribution in [0.15, 0.2) is 42.5 Å². The average molecular weight is 429 g/mol. The van der Waals surface area contributed by atoms with Gasteiger partial charge >= 0.3 is 0 Å². The number of anilines is 2. The van der Waals surface area contributed by atoms with Gasteiger partial charge in [0.1, 0.15) is 6.04 Å². The third kappa shape index (κ3) is 5.22. The predicted molar refractivity (Wildman–Crippen MR) is 108 cm³/mol. The summed E-state index contributed by atoms with van der Waals surface area (Å²) >= 11 is 12.1. The number of Topliss-reactive ketones (excluding diaryl/α,β-unsaturated/α-hetero) is 1. The van der Waals surface area contributed by atoms with Crippen LogP contribution in [0.5, 0.6) is 0 Å². The first-order chi connectivity index (χ1) is 12.5. The minimum atomic E-state index is -3.84. The Labute approximate surface area is 168 Å². The highest BCUT2D eigenvalue weighted by molar-refractivity contribution is 7.92. The summed E-state index contributed by atoms with van der Waals surface area (Å²) in [6, 6.07) is 9.61. The summed E-state index contributed by atoms with van der Waals surface area (Å²) in [6.07, 6.45) is 0.977. The summed E-state index contributed by atoms with van der Waals surface area (Å²) in [5, 5.41) is 3.04. The van der Waals surface area contributed by atoms with E-state index in [1.54, 1.807) is 18.2 Å². The van der Waals surface area contributed by atoms with E-state index in [0.717, 1.165) is 10.6 Å². The zero-order valence-corrected chi connectivity index (χ0v) is 17.2. The van der Waals surface area contributed by atoms with Gasteiger partial charge in [-0.25, -0.2) is 8.42 Å². The normalized spacial score (nSPS) is 12.3. The number of amides is 1. The fraction of sp³-hybridized carbons (Fsp3) is 0.222. The summed E-state index contributed by atoms with van der Waals surface area (Å²) in [7, 11) is -3.84.